The molecule has 2 aromatic carbocycles. The maximum absolute atomic E-state index is 14.1. The van der Waals surface area contributed by atoms with Crippen LogP contribution in [0.4, 0.5) is 8.78 Å². The first-order valence-corrected chi connectivity index (χ1v) is 19.9. The summed E-state index contributed by atoms with van der Waals surface area (Å²) >= 11 is 7.12. The fourth-order valence-corrected chi connectivity index (χ4v) is 7.73. The summed E-state index contributed by atoms with van der Waals surface area (Å²) in [6.07, 6.45) is 8.19. The van der Waals surface area contributed by atoms with Gasteiger partial charge in [0.05, 0.1) is 56.6 Å². The van der Waals surface area contributed by atoms with Crippen LogP contribution in [0, 0.1) is 23.5 Å². The first-order chi connectivity index (χ1) is 23.2. The molecule has 2 fully saturated rings. The predicted octanol–water partition coefficient (Wildman–Crippen LogP) is 10.3. The molecule has 0 amide bonds. The van der Waals surface area contributed by atoms with Gasteiger partial charge in [0, 0.05) is 37.2 Å². The van der Waals surface area contributed by atoms with Gasteiger partial charge in [-0.1, -0.05) is 31.9 Å². The van der Waals surface area contributed by atoms with Crippen molar-refractivity contribution in [2.75, 3.05) is 0 Å². The summed E-state index contributed by atoms with van der Waals surface area (Å²) in [7, 11) is -1.21. The molecule has 0 radical (unpaired) electrons. The maximum Gasteiger partial charge on any atom is 0.123 e. The van der Waals surface area contributed by atoms with E-state index in [9.17, 15) is 13.0 Å². The van der Waals surface area contributed by atoms with E-state index in [-0.39, 0.29) is 39.5 Å². The van der Waals surface area contributed by atoms with Gasteiger partial charge in [0.1, 0.15) is 11.6 Å². The van der Waals surface area contributed by atoms with Gasteiger partial charge in [-0.25, -0.2) is 17.7 Å². The molecule has 0 spiro atoms. The van der Waals surface area contributed by atoms with Crippen LogP contribution in [0.15, 0.2) is 57.7 Å². The highest BCUT2D eigenvalue weighted by Gasteiger charge is 2.39. The molecule has 3 atom stereocenters. The zero-order chi connectivity index (χ0) is 36.9. The summed E-state index contributed by atoms with van der Waals surface area (Å²) in [5.41, 5.74) is 11.3. The molecule has 12 heteroatoms. The normalized spacial score (nSPS) is 17.2. The summed E-state index contributed by atoms with van der Waals surface area (Å²) < 4.78 is 49.3. The molecule has 0 aliphatic heterocycles. The lowest BCUT2D eigenvalue weighted by molar-refractivity contribution is 0.359. The van der Waals surface area contributed by atoms with Crippen molar-refractivity contribution in [1.82, 2.24) is 24.3 Å². The third-order valence-corrected chi connectivity index (χ3v) is 11.9. The van der Waals surface area contributed by atoms with Crippen molar-refractivity contribution in [3.63, 3.8) is 0 Å². The fourth-order valence-electron chi connectivity index (χ4n) is 5.95. The third kappa shape index (κ3) is 8.85. The summed E-state index contributed by atoms with van der Waals surface area (Å²) in [6, 6.07) is 9.31. The predicted molar refractivity (Wildman–Crippen MR) is 207 cm³/mol. The molecule has 0 saturated heterocycles. The molecular formula is C38H50Br2F2N6OS. The molecule has 2 aliphatic rings. The highest BCUT2D eigenvalue weighted by atomic mass is 79.9. The summed E-state index contributed by atoms with van der Waals surface area (Å²) in [5, 5.41) is 9.23. The van der Waals surface area contributed by atoms with Crippen molar-refractivity contribution in [3.8, 4) is 22.5 Å². The number of hydrogen-bond donors (Lipinski definition) is 2. The number of benzene rings is 2. The van der Waals surface area contributed by atoms with E-state index >= 15 is 0 Å². The second kappa shape index (κ2) is 14.6. The largest absolute Gasteiger partial charge is 0.324 e. The molecule has 2 saturated carbocycles. The molecule has 0 bridgehead atoms. The molecule has 4 aromatic rings. The van der Waals surface area contributed by atoms with Gasteiger partial charge in [0.15, 0.2) is 0 Å². The number of nitrogens with zero attached hydrogens (tertiary/aromatic N) is 4. The first-order valence-electron chi connectivity index (χ1n) is 17.2. The van der Waals surface area contributed by atoms with Crippen LogP contribution in [0.25, 0.3) is 22.5 Å². The Morgan fingerprint density at radius 1 is 0.760 bits per heavy atom. The van der Waals surface area contributed by atoms with Gasteiger partial charge in [-0.15, -0.1) is 0 Å². The number of hydrogen-bond acceptors (Lipinski definition) is 4. The zero-order valence-electron chi connectivity index (χ0n) is 30.5. The maximum atomic E-state index is 14.1. The highest BCUT2D eigenvalue weighted by Crippen LogP contribution is 2.47. The summed E-state index contributed by atoms with van der Waals surface area (Å²) in [5.74, 6) is 0.379. The van der Waals surface area contributed by atoms with Crippen LogP contribution in [0.3, 0.4) is 0 Å². The number of nitrogens with one attached hydrogen (secondary N) is 1. The van der Waals surface area contributed by atoms with E-state index in [1.54, 1.807) is 18.2 Å². The molecular weight excluding hydrogens is 786 g/mol. The molecule has 2 heterocycles. The van der Waals surface area contributed by atoms with E-state index in [1.165, 1.54) is 18.2 Å². The van der Waals surface area contributed by atoms with E-state index in [0.29, 0.717) is 11.8 Å². The Kier molecular flexibility index (Phi) is 11.4. The molecule has 2 aromatic heterocycles. The van der Waals surface area contributed by atoms with Gasteiger partial charge >= 0.3 is 0 Å². The summed E-state index contributed by atoms with van der Waals surface area (Å²) in [6.45, 7) is 18.4. The number of aromatic nitrogens is 4. The second-order valence-electron chi connectivity index (χ2n) is 16.5. The molecule has 272 valence electrons. The van der Waals surface area contributed by atoms with Gasteiger partial charge in [0.2, 0.25) is 0 Å². The molecule has 50 heavy (non-hydrogen) atoms. The molecule has 0 unspecified atom stereocenters. The van der Waals surface area contributed by atoms with Crippen LogP contribution in [0.2, 0.25) is 0 Å². The van der Waals surface area contributed by atoms with Crippen LogP contribution in [0.5, 0.6) is 0 Å². The SMILES string of the molecule is CC(C)(C)n1ncc([C@H](N)C2CC2)c1-c1cc(F)ccc1Br.CC(C)(C)n1ncc([C@H](N[S@](=O)C(C)(C)C)C2CC2)c1-c1cc(F)ccc1Br. The van der Waals surface area contributed by atoms with E-state index in [2.05, 4.69) is 88.3 Å². The van der Waals surface area contributed by atoms with Crippen molar-refractivity contribution in [2.24, 2.45) is 17.6 Å². The minimum absolute atomic E-state index is 0.0405. The van der Waals surface area contributed by atoms with Gasteiger partial charge < -0.3 is 5.73 Å². The number of nitrogens with two attached hydrogens (primary N) is 1. The number of halogens is 4. The lowest BCUT2D eigenvalue weighted by Crippen LogP contribution is -2.36. The third-order valence-electron chi connectivity index (χ3n) is 8.94. The fraction of sp³-hybridized carbons (Fsp3) is 0.526. The van der Waals surface area contributed by atoms with E-state index < -0.39 is 11.0 Å². The van der Waals surface area contributed by atoms with Crippen molar-refractivity contribution in [2.45, 2.75) is 116 Å². The Bertz CT molecular complexity index is 1860. The topological polar surface area (TPSA) is 90.8 Å². The Morgan fingerprint density at radius 3 is 1.58 bits per heavy atom. The van der Waals surface area contributed by atoms with E-state index in [0.717, 1.165) is 68.3 Å². The number of rotatable bonds is 8. The minimum atomic E-state index is -1.21. The van der Waals surface area contributed by atoms with Crippen molar-refractivity contribution in [1.29, 1.82) is 0 Å². The Hall–Kier alpha value is -2.25. The van der Waals surface area contributed by atoms with Crippen LogP contribution >= 0.6 is 31.9 Å². The molecule has 6 rings (SSSR count). The van der Waals surface area contributed by atoms with Crippen LogP contribution in [-0.4, -0.2) is 28.5 Å². The molecule has 3 N–H and O–H groups in total. The Balaban J connectivity index is 0.000000200. The van der Waals surface area contributed by atoms with Gasteiger partial charge in [-0.05, 0) is 136 Å². The van der Waals surface area contributed by atoms with Crippen LogP contribution in [0.1, 0.15) is 111 Å². The second-order valence-corrected chi connectivity index (χ2v) is 20.2. The smallest absolute Gasteiger partial charge is 0.123 e. The average Bonchev–Trinajstić information content (AvgIpc) is 3.94. The van der Waals surface area contributed by atoms with Gasteiger partial charge in [-0.3, -0.25) is 9.36 Å². The lowest BCUT2D eigenvalue weighted by atomic mass is 9.98. The lowest BCUT2D eigenvalue weighted by Gasteiger charge is -2.27. The van der Waals surface area contributed by atoms with Gasteiger partial charge in [-0.2, -0.15) is 10.2 Å². The minimum Gasteiger partial charge on any atom is -0.324 e. The van der Waals surface area contributed by atoms with Crippen molar-refractivity contribution in [3.05, 3.63) is 80.5 Å². The molecule has 7 nitrogen and oxygen atoms in total. The highest BCUT2D eigenvalue weighted by molar-refractivity contribution is 9.11. The quantitative estimate of drug-likeness (QED) is 0.185. The zero-order valence-corrected chi connectivity index (χ0v) is 34.4. The monoisotopic (exact) mass is 834 g/mol. The first kappa shape index (κ1) is 39.0. The van der Waals surface area contributed by atoms with E-state index in [4.69, 9.17) is 5.73 Å². The van der Waals surface area contributed by atoms with E-state index in [1.807, 2.05) is 42.5 Å². The van der Waals surface area contributed by atoms with Crippen LogP contribution in [-0.2, 0) is 22.1 Å². The summed E-state index contributed by atoms with van der Waals surface area (Å²) in [4.78, 5) is 0. The molecule has 2 aliphatic carbocycles. The van der Waals surface area contributed by atoms with Crippen molar-refractivity contribution >= 4 is 42.8 Å². The average molecular weight is 837 g/mol. The van der Waals surface area contributed by atoms with Gasteiger partial charge in [0.25, 0.3) is 0 Å². The van der Waals surface area contributed by atoms with Crippen LogP contribution < -0.4 is 10.5 Å². The Morgan fingerprint density at radius 2 is 1.18 bits per heavy atom. The Labute approximate surface area is 315 Å². The van der Waals surface area contributed by atoms with Crippen molar-refractivity contribution < 1.29 is 13.0 Å². The standard InChI is InChI=1S/C21H29BrFN3OS.C17H21BrFN3/c1-20(2,3)26-19(15-11-14(23)9-10-17(15)22)16(12-24-26)18(13-7-8-13)25-28(27)21(4,5)6;1-17(2,3)22-16(12-8-11(19)6-7-14(12)18)13(9-21-22)15(20)10-4-5-10/h9-13,18,25H,7-8H2,1-6H3;6-10,15H,4-5,20H2,1-3H3/t18-,28-;15-/m11/s1.